The molecule has 29 heavy (non-hydrogen) atoms. The molecule has 150 valence electrons. The number of aliphatic carboxylic acids is 1. The van der Waals surface area contributed by atoms with Crippen LogP contribution in [-0.4, -0.2) is 27.5 Å². The number of carbonyl (C=O) groups excluding carboxylic acids is 1. The highest BCUT2D eigenvalue weighted by Crippen LogP contribution is 2.36. The Balaban J connectivity index is 1.88. The number of halogens is 2. The van der Waals surface area contributed by atoms with Crippen molar-refractivity contribution in [3.63, 3.8) is 0 Å². The van der Waals surface area contributed by atoms with Crippen LogP contribution in [-0.2, 0) is 16.0 Å². The molecule has 0 aliphatic carbocycles. The standard InChI is InChI=1S/C21H18Cl2N2O3S/c1-21(2,20(27)28)25-18(26)10-15-11-29-19(24-15)16-7-6-14(23)9-17(16)12-4-3-5-13(22)8-12/h3-9,11H,10H2,1-2H3,(H,25,26)(H,27,28). The van der Waals surface area contributed by atoms with Crippen LogP contribution in [0, 0.1) is 0 Å². The molecule has 0 fully saturated rings. The molecule has 0 aliphatic heterocycles. The molecule has 1 aromatic heterocycles. The molecule has 0 unspecified atom stereocenters. The van der Waals surface area contributed by atoms with Crippen LogP contribution in [0.1, 0.15) is 19.5 Å². The zero-order valence-electron chi connectivity index (χ0n) is 15.7. The maximum absolute atomic E-state index is 12.2. The van der Waals surface area contributed by atoms with Gasteiger partial charge < -0.3 is 10.4 Å². The summed E-state index contributed by atoms with van der Waals surface area (Å²) in [5, 5.41) is 15.4. The summed E-state index contributed by atoms with van der Waals surface area (Å²) in [6.45, 7) is 2.87. The number of hydrogen-bond donors (Lipinski definition) is 2. The molecular weight excluding hydrogens is 431 g/mol. The van der Waals surface area contributed by atoms with E-state index in [1.807, 2.05) is 30.3 Å². The van der Waals surface area contributed by atoms with Gasteiger partial charge in [0.05, 0.1) is 12.1 Å². The van der Waals surface area contributed by atoms with Gasteiger partial charge >= 0.3 is 5.97 Å². The van der Waals surface area contributed by atoms with E-state index in [1.165, 1.54) is 25.2 Å². The number of carbonyl (C=O) groups is 2. The first-order chi connectivity index (χ1) is 13.7. The van der Waals surface area contributed by atoms with Gasteiger partial charge in [0.1, 0.15) is 10.5 Å². The minimum Gasteiger partial charge on any atom is -0.480 e. The molecule has 1 amide bonds. The van der Waals surface area contributed by atoms with E-state index < -0.39 is 17.4 Å². The molecule has 0 aliphatic rings. The molecule has 2 aromatic carbocycles. The van der Waals surface area contributed by atoms with Gasteiger partial charge in [-0.25, -0.2) is 9.78 Å². The number of thiazole rings is 1. The molecule has 0 atom stereocenters. The molecule has 0 saturated carbocycles. The first-order valence-corrected chi connectivity index (χ1v) is 10.3. The molecule has 0 spiro atoms. The lowest BCUT2D eigenvalue weighted by molar-refractivity contribution is -0.145. The van der Waals surface area contributed by atoms with Gasteiger partial charge in [0, 0.05) is 21.0 Å². The van der Waals surface area contributed by atoms with Gasteiger partial charge in [-0.1, -0.05) is 35.3 Å². The molecule has 5 nitrogen and oxygen atoms in total. The van der Waals surface area contributed by atoms with Crippen molar-refractivity contribution >= 4 is 46.4 Å². The number of carboxylic acids is 1. The number of nitrogens with zero attached hydrogens (tertiary/aromatic N) is 1. The summed E-state index contributed by atoms with van der Waals surface area (Å²) >= 11 is 13.7. The summed E-state index contributed by atoms with van der Waals surface area (Å²) in [4.78, 5) is 27.9. The monoisotopic (exact) mass is 448 g/mol. The molecule has 1 heterocycles. The van der Waals surface area contributed by atoms with Gasteiger partial charge in [-0.05, 0) is 55.3 Å². The van der Waals surface area contributed by atoms with E-state index in [0.717, 1.165) is 21.7 Å². The maximum atomic E-state index is 12.2. The van der Waals surface area contributed by atoms with Crippen molar-refractivity contribution in [2.45, 2.75) is 25.8 Å². The number of rotatable bonds is 6. The minimum absolute atomic E-state index is 0.00665. The van der Waals surface area contributed by atoms with Crippen LogP contribution in [0.5, 0.6) is 0 Å². The summed E-state index contributed by atoms with van der Waals surface area (Å²) in [6.07, 6.45) is -0.00665. The molecule has 0 saturated heterocycles. The molecule has 8 heteroatoms. The quantitative estimate of drug-likeness (QED) is 0.535. The smallest absolute Gasteiger partial charge is 0.328 e. The molecule has 2 N–H and O–H groups in total. The first kappa shape index (κ1) is 21.3. The van der Waals surface area contributed by atoms with E-state index in [9.17, 15) is 9.59 Å². The average molecular weight is 449 g/mol. The predicted octanol–water partition coefficient (Wildman–Crippen LogP) is 5.31. The van der Waals surface area contributed by atoms with Crippen molar-refractivity contribution in [1.82, 2.24) is 10.3 Å². The molecule has 0 radical (unpaired) electrons. The van der Waals surface area contributed by atoms with Crippen LogP contribution < -0.4 is 5.32 Å². The highest BCUT2D eigenvalue weighted by atomic mass is 35.5. The predicted molar refractivity (Wildman–Crippen MR) is 117 cm³/mol. The van der Waals surface area contributed by atoms with Crippen LogP contribution in [0.3, 0.4) is 0 Å². The fraction of sp³-hybridized carbons (Fsp3) is 0.190. The summed E-state index contributed by atoms with van der Waals surface area (Å²) in [7, 11) is 0. The molecule has 3 rings (SSSR count). The summed E-state index contributed by atoms with van der Waals surface area (Å²) in [5.41, 5.74) is 1.89. The summed E-state index contributed by atoms with van der Waals surface area (Å²) in [6, 6.07) is 13.0. The Bertz CT molecular complexity index is 1080. The third-order valence-electron chi connectivity index (χ3n) is 4.23. The first-order valence-electron chi connectivity index (χ1n) is 8.70. The second kappa shape index (κ2) is 8.53. The Kier molecular flexibility index (Phi) is 6.27. The van der Waals surface area contributed by atoms with Crippen molar-refractivity contribution < 1.29 is 14.7 Å². The number of aromatic nitrogens is 1. The van der Waals surface area contributed by atoms with Gasteiger partial charge in [0.15, 0.2) is 0 Å². The van der Waals surface area contributed by atoms with E-state index in [2.05, 4.69) is 10.3 Å². The third kappa shape index (κ3) is 5.15. The second-order valence-corrected chi connectivity index (χ2v) is 8.73. The van der Waals surface area contributed by atoms with E-state index in [4.69, 9.17) is 28.3 Å². The van der Waals surface area contributed by atoms with Crippen LogP contribution in [0.4, 0.5) is 0 Å². The molecular formula is C21H18Cl2N2O3S. The summed E-state index contributed by atoms with van der Waals surface area (Å²) < 4.78 is 0. The highest BCUT2D eigenvalue weighted by Gasteiger charge is 2.29. The van der Waals surface area contributed by atoms with E-state index in [0.29, 0.717) is 15.7 Å². The van der Waals surface area contributed by atoms with Crippen molar-refractivity contribution in [2.24, 2.45) is 0 Å². The van der Waals surface area contributed by atoms with Gasteiger partial charge in [-0.3, -0.25) is 4.79 Å². The Hall–Kier alpha value is -2.41. The average Bonchev–Trinajstić information content (AvgIpc) is 3.09. The molecule has 0 bridgehead atoms. The minimum atomic E-state index is -1.34. The SMILES string of the molecule is CC(C)(NC(=O)Cc1csc(-c2ccc(Cl)cc2-c2cccc(Cl)c2)n1)C(=O)O. The van der Waals surface area contributed by atoms with Crippen LogP contribution in [0.15, 0.2) is 47.8 Å². The van der Waals surface area contributed by atoms with Gasteiger partial charge in [0.25, 0.3) is 0 Å². The summed E-state index contributed by atoms with van der Waals surface area (Å²) in [5.74, 6) is -1.50. The lowest BCUT2D eigenvalue weighted by atomic mass is 10.00. The van der Waals surface area contributed by atoms with Crippen molar-refractivity contribution in [1.29, 1.82) is 0 Å². The highest BCUT2D eigenvalue weighted by molar-refractivity contribution is 7.13. The normalized spacial score (nSPS) is 11.3. The molecule has 3 aromatic rings. The largest absolute Gasteiger partial charge is 0.480 e. The Morgan fingerprint density at radius 3 is 2.52 bits per heavy atom. The number of hydrogen-bond acceptors (Lipinski definition) is 4. The van der Waals surface area contributed by atoms with Crippen molar-refractivity contribution in [3.8, 4) is 21.7 Å². The van der Waals surface area contributed by atoms with E-state index >= 15 is 0 Å². The number of benzene rings is 2. The number of nitrogens with one attached hydrogen (secondary N) is 1. The van der Waals surface area contributed by atoms with Crippen LogP contribution >= 0.6 is 34.5 Å². The van der Waals surface area contributed by atoms with E-state index in [1.54, 1.807) is 17.5 Å². The van der Waals surface area contributed by atoms with E-state index in [-0.39, 0.29) is 6.42 Å². The Morgan fingerprint density at radius 1 is 1.10 bits per heavy atom. The lowest BCUT2D eigenvalue weighted by Gasteiger charge is -2.20. The topological polar surface area (TPSA) is 79.3 Å². The van der Waals surface area contributed by atoms with Gasteiger partial charge in [-0.2, -0.15) is 0 Å². The van der Waals surface area contributed by atoms with Gasteiger partial charge in [-0.15, -0.1) is 11.3 Å². The maximum Gasteiger partial charge on any atom is 0.328 e. The zero-order valence-corrected chi connectivity index (χ0v) is 18.0. The third-order valence-corrected chi connectivity index (χ3v) is 5.62. The second-order valence-electron chi connectivity index (χ2n) is 7.00. The van der Waals surface area contributed by atoms with Crippen molar-refractivity contribution in [3.05, 3.63) is 63.6 Å². The Labute approximate surface area is 182 Å². The van der Waals surface area contributed by atoms with Crippen molar-refractivity contribution in [2.75, 3.05) is 0 Å². The number of carboxylic acid groups (broad SMARTS) is 1. The Morgan fingerprint density at radius 2 is 1.83 bits per heavy atom. The van der Waals surface area contributed by atoms with Crippen LogP contribution in [0.2, 0.25) is 10.0 Å². The van der Waals surface area contributed by atoms with Gasteiger partial charge in [0.2, 0.25) is 5.91 Å². The lowest BCUT2D eigenvalue weighted by Crippen LogP contribution is -2.50. The zero-order chi connectivity index (χ0) is 21.2. The number of amides is 1. The van der Waals surface area contributed by atoms with Crippen LogP contribution in [0.25, 0.3) is 21.7 Å². The fourth-order valence-electron chi connectivity index (χ4n) is 2.72. The fourth-order valence-corrected chi connectivity index (χ4v) is 3.94.